The summed E-state index contributed by atoms with van der Waals surface area (Å²) in [5.74, 6) is 0. The van der Waals surface area contributed by atoms with Crippen LogP contribution in [-0.4, -0.2) is 21.9 Å². The molecule has 0 spiro atoms. The van der Waals surface area contributed by atoms with Crippen molar-refractivity contribution >= 4 is 68.0 Å². The van der Waals surface area contributed by atoms with Crippen molar-refractivity contribution in [2.45, 2.75) is 27.7 Å². The number of halogens is 1. The van der Waals surface area contributed by atoms with E-state index in [4.69, 9.17) is 8.83 Å². The quantitative estimate of drug-likeness (QED) is 0.181. The second-order valence-electron chi connectivity index (χ2n) is 13.3. The number of hydrogen-bond donors (Lipinski definition) is 0. The van der Waals surface area contributed by atoms with Gasteiger partial charge in [-0.05, 0) is 79.4 Å². The Labute approximate surface area is 282 Å². The van der Waals surface area contributed by atoms with E-state index < -0.39 is 7.26 Å². The van der Waals surface area contributed by atoms with Gasteiger partial charge in [0.15, 0.2) is 11.4 Å². The van der Waals surface area contributed by atoms with Crippen LogP contribution in [0, 0.1) is 13.8 Å². The highest BCUT2D eigenvalue weighted by atomic mass is 19.1. The van der Waals surface area contributed by atoms with E-state index in [2.05, 4.69) is 74.5 Å². The van der Waals surface area contributed by atoms with Gasteiger partial charge in [-0.3, -0.25) is 4.48 Å². The van der Waals surface area contributed by atoms with Gasteiger partial charge in [0.1, 0.15) is 22.3 Å². The molecule has 5 heterocycles. The topological polar surface area (TPSA) is 34.2 Å². The van der Waals surface area contributed by atoms with Gasteiger partial charge >= 0.3 is 7.26 Å². The minimum absolute atomic E-state index is 0.848. The Bertz CT molecular complexity index is 2830. The molecule has 10 rings (SSSR count). The number of furan rings is 2. The summed E-state index contributed by atoms with van der Waals surface area (Å²) in [6.45, 7) is 8.38. The number of fused-ring (bicyclic) bond motifs is 8. The van der Waals surface area contributed by atoms with E-state index in [0.29, 0.717) is 0 Å². The zero-order valence-electron chi connectivity index (χ0n) is 27.6. The maximum atomic E-state index is 17.5. The molecule has 0 saturated carbocycles. The van der Waals surface area contributed by atoms with Gasteiger partial charge in [0.05, 0.1) is 16.8 Å². The van der Waals surface area contributed by atoms with E-state index in [1.807, 2.05) is 77.4 Å². The Kier molecular flexibility index (Phi) is 5.79. The molecule has 0 fully saturated rings. The van der Waals surface area contributed by atoms with Crippen LogP contribution in [0.1, 0.15) is 41.9 Å². The first-order valence-electron chi connectivity index (χ1n) is 16.7. The molecule has 2 aliphatic rings. The molecule has 0 N–H and O–H groups in total. The normalized spacial score (nSPS) is 14.8. The van der Waals surface area contributed by atoms with Crippen LogP contribution < -0.4 is 0 Å². The molecule has 0 bridgehead atoms. The molecular formula is C43H31BFN2O2+. The van der Waals surface area contributed by atoms with Crippen LogP contribution in [0.25, 0.3) is 66.2 Å². The van der Waals surface area contributed by atoms with Gasteiger partial charge in [0.2, 0.25) is 0 Å². The van der Waals surface area contributed by atoms with E-state index in [-0.39, 0.29) is 0 Å². The lowest BCUT2D eigenvalue weighted by atomic mass is 9.86. The van der Waals surface area contributed by atoms with Crippen LogP contribution in [0.15, 0.2) is 135 Å². The number of benzene rings is 5. The van der Waals surface area contributed by atoms with Crippen molar-refractivity contribution in [3.63, 3.8) is 0 Å². The van der Waals surface area contributed by atoms with Gasteiger partial charge in [0, 0.05) is 45.3 Å². The van der Waals surface area contributed by atoms with Crippen LogP contribution in [0.4, 0.5) is 4.32 Å². The second-order valence-corrected chi connectivity index (χ2v) is 13.3. The van der Waals surface area contributed by atoms with Crippen molar-refractivity contribution < 1.29 is 17.6 Å². The van der Waals surface area contributed by atoms with Crippen molar-refractivity contribution in [1.29, 1.82) is 0 Å². The van der Waals surface area contributed by atoms with E-state index in [0.717, 1.165) is 111 Å². The second kappa shape index (κ2) is 10.1. The molecule has 0 aliphatic carbocycles. The molecule has 49 heavy (non-hydrogen) atoms. The molecule has 5 aromatic carbocycles. The van der Waals surface area contributed by atoms with Gasteiger partial charge in [-0.2, -0.15) is 0 Å². The first-order chi connectivity index (χ1) is 23.9. The predicted octanol–water partition coefficient (Wildman–Crippen LogP) is 11.1. The van der Waals surface area contributed by atoms with Gasteiger partial charge in [-0.25, -0.2) is 8.80 Å². The molecule has 0 saturated heterocycles. The smallest absolute Gasteiger partial charge is 0.456 e. The molecule has 8 aromatic rings. The zero-order valence-corrected chi connectivity index (χ0v) is 27.6. The molecule has 6 heteroatoms. The summed E-state index contributed by atoms with van der Waals surface area (Å²) in [4.78, 5) is 0. The lowest BCUT2D eigenvalue weighted by Crippen LogP contribution is -2.41. The van der Waals surface area contributed by atoms with Crippen LogP contribution >= 0.6 is 0 Å². The fraction of sp³-hybridized carbons (Fsp3) is 0.0930. The molecule has 0 unspecified atom stereocenters. The Morgan fingerprint density at radius 1 is 0.571 bits per heavy atom. The summed E-state index contributed by atoms with van der Waals surface area (Å²) in [5, 5.41) is 4.28. The number of para-hydroxylation sites is 2. The highest BCUT2D eigenvalue weighted by molar-refractivity contribution is 6.46. The maximum absolute atomic E-state index is 17.5. The molecule has 234 valence electrons. The number of hydrogen-bond acceptors (Lipinski definition) is 2. The maximum Gasteiger partial charge on any atom is 0.846 e. The zero-order chi connectivity index (χ0) is 33.1. The third-order valence-corrected chi connectivity index (χ3v) is 10.7. The molecule has 0 amide bonds. The number of aromatic nitrogens is 1. The van der Waals surface area contributed by atoms with Crippen molar-refractivity contribution in [3.05, 3.63) is 155 Å². The predicted molar refractivity (Wildman–Crippen MR) is 199 cm³/mol. The summed E-state index contributed by atoms with van der Waals surface area (Å²) in [6, 6.07) is 39.4. The summed E-state index contributed by atoms with van der Waals surface area (Å²) in [5.41, 5.74) is 15.5. The highest BCUT2D eigenvalue weighted by Crippen LogP contribution is 2.48. The van der Waals surface area contributed by atoms with Gasteiger partial charge in [0.25, 0.3) is 0 Å². The average molecular weight is 638 g/mol. The van der Waals surface area contributed by atoms with Crippen molar-refractivity contribution in [2.75, 3.05) is 0 Å². The van der Waals surface area contributed by atoms with E-state index >= 15 is 4.32 Å². The number of allylic oxidation sites excluding steroid dienone is 2. The van der Waals surface area contributed by atoms with Gasteiger partial charge in [-0.15, -0.1) is 0 Å². The third-order valence-electron chi connectivity index (χ3n) is 10.7. The molecule has 0 radical (unpaired) electrons. The van der Waals surface area contributed by atoms with E-state index in [1.165, 1.54) is 0 Å². The van der Waals surface area contributed by atoms with Crippen LogP contribution in [0.3, 0.4) is 0 Å². The fourth-order valence-corrected chi connectivity index (χ4v) is 8.59. The van der Waals surface area contributed by atoms with Crippen molar-refractivity contribution in [3.8, 4) is 11.1 Å². The Balaban J connectivity index is 1.23. The van der Waals surface area contributed by atoms with Gasteiger partial charge in [-0.1, -0.05) is 78.9 Å². The molecule has 4 nitrogen and oxygen atoms in total. The first kappa shape index (κ1) is 28.2. The molecule has 3 aromatic heterocycles. The van der Waals surface area contributed by atoms with Crippen LogP contribution in [0.5, 0.6) is 0 Å². The van der Waals surface area contributed by atoms with E-state index in [1.54, 1.807) is 0 Å². The number of nitrogens with zero attached hydrogens (tertiary/aromatic N) is 2. The van der Waals surface area contributed by atoms with Crippen molar-refractivity contribution in [2.24, 2.45) is 0 Å². The van der Waals surface area contributed by atoms with Crippen LogP contribution in [0.2, 0.25) is 0 Å². The molecular weight excluding hydrogens is 606 g/mol. The Morgan fingerprint density at radius 3 is 1.78 bits per heavy atom. The highest BCUT2D eigenvalue weighted by Gasteiger charge is 2.54. The number of rotatable bonds is 3. The fourth-order valence-electron chi connectivity index (χ4n) is 8.59. The minimum atomic E-state index is -1.42. The minimum Gasteiger partial charge on any atom is -0.456 e. The Hall–Kier alpha value is -5.88. The first-order valence-corrected chi connectivity index (χ1v) is 16.7. The lowest BCUT2D eigenvalue weighted by Gasteiger charge is -2.22. The van der Waals surface area contributed by atoms with Gasteiger partial charge < -0.3 is 8.83 Å². The third kappa shape index (κ3) is 3.77. The largest absolute Gasteiger partial charge is 0.846 e. The van der Waals surface area contributed by atoms with Crippen LogP contribution in [-0.2, 0) is 0 Å². The monoisotopic (exact) mass is 637 g/mol. The summed E-state index contributed by atoms with van der Waals surface area (Å²) in [7, 11) is -1.42. The SMILES string of the molecule is CC1=C(c2ccc3oc4ccccc4c3c2)C(C)=[N+]2B(F)n3c(C)c(-c4ccc5oc6ccccc6c5c4)c(C)c3C(c3ccccc3)=C12. The molecule has 2 aliphatic heterocycles. The Morgan fingerprint density at radius 2 is 1.12 bits per heavy atom. The standard InChI is InChI=1S/C43H31BFN2O2/c1-24-39(29-18-20-37-33(22-29)31-14-8-10-16-35(31)48-37)26(3)46-42(24)41(28-12-6-5-7-13-28)43-25(2)40(27(4)47(43)44(46)45)30-19-21-38-34(23-30)32-15-9-11-17-36(32)49-38/h5-23H,1-4H3/q+1. The summed E-state index contributed by atoms with van der Waals surface area (Å²) in [6.07, 6.45) is 0. The summed E-state index contributed by atoms with van der Waals surface area (Å²) < 4.78 is 33.6. The molecule has 0 atom stereocenters. The summed E-state index contributed by atoms with van der Waals surface area (Å²) >= 11 is 0. The van der Waals surface area contributed by atoms with Crippen molar-refractivity contribution in [1.82, 2.24) is 4.48 Å². The van der Waals surface area contributed by atoms with E-state index in [9.17, 15) is 0 Å². The lowest BCUT2D eigenvalue weighted by molar-refractivity contribution is -0.336. The average Bonchev–Trinajstić information content (AvgIpc) is 3.83.